The average Bonchev–Trinajstić information content (AvgIpc) is 2.04. The summed E-state index contributed by atoms with van der Waals surface area (Å²) in [5.41, 5.74) is 0.581. The van der Waals surface area contributed by atoms with Gasteiger partial charge in [0.25, 0.3) is 0 Å². The van der Waals surface area contributed by atoms with Crippen LogP contribution in [0.2, 0.25) is 0 Å². The van der Waals surface area contributed by atoms with E-state index in [0.717, 1.165) is 0 Å². The minimum Gasteiger partial charge on any atom is -0.410 e. The second-order valence-electron chi connectivity index (χ2n) is 2.47. The third kappa shape index (κ3) is 1.02. The fourth-order valence-corrected chi connectivity index (χ4v) is 1.12. The van der Waals surface area contributed by atoms with E-state index in [9.17, 15) is 9.90 Å². The number of amides is 1. The highest BCUT2D eigenvalue weighted by molar-refractivity contribution is 5.73. The van der Waals surface area contributed by atoms with Crippen LogP contribution in [0.5, 0.6) is 5.75 Å². The van der Waals surface area contributed by atoms with Crippen molar-refractivity contribution >= 4 is 6.09 Å². The van der Waals surface area contributed by atoms with Crippen LogP contribution in [0.1, 0.15) is 11.8 Å². The normalized spacial score (nSPS) is 20.8. The minimum absolute atomic E-state index is 0.411. The van der Waals surface area contributed by atoms with Gasteiger partial charge < -0.3 is 9.84 Å². The Morgan fingerprint density at radius 2 is 2.17 bits per heavy atom. The van der Waals surface area contributed by atoms with E-state index in [-0.39, 0.29) is 0 Å². The molecule has 0 radical (unpaired) electrons. The summed E-state index contributed by atoms with van der Waals surface area (Å²) in [6.45, 7) is 0. The molecule has 0 aromatic heterocycles. The lowest BCUT2D eigenvalue weighted by Gasteiger charge is -2.21. The topological polar surface area (TPSA) is 58.6 Å². The average molecular weight is 165 g/mol. The van der Waals surface area contributed by atoms with Gasteiger partial charge in [-0.25, -0.2) is 4.79 Å². The van der Waals surface area contributed by atoms with Gasteiger partial charge in [-0.1, -0.05) is 18.2 Å². The number of benzene rings is 1. The van der Waals surface area contributed by atoms with Gasteiger partial charge >= 0.3 is 6.09 Å². The molecule has 1 aromatic rings. The van der Waals surface area contributed by atoms with Crippen LogP contribution in [-0.2, 0) is 0 Å². The van der Waals surface area contributed by atoms with Crippen molar-refractivity contribution in [3.05, 3.63) is 29.8 Å². The number of nitrogens with one attached hydrogen (secondary N) is 1. The zero-order chi connectivity index (χ0) is 8.55. The fraction of sp³-hybridized carbons (Fsp3) is 0.125. The summed E-state index contributed by atoms with van der Waals surface area (Å²) < 4.78 is 4.79. The molecule has 0 fully saturated rings. The highest BCUT2D eigenvalue weighted by atomic mass is 16.6. The largest absolute Gasteiger partial charge is 0.414 e. The lowest BCUT2D eigenvalue weighted by molar-refractivity contribution is 0.109. The molecule has 2 N–H and O–H groups in total. The van der Waals surface area contributed by atoms with E-state index in [1.807, 2.05) is 0 Å². The molecule has 1 amide bonds. The van der Waals surface area contributed by atoms with Crippen LogP contribution < -0.4 is 10.1 Å². The van der Waals surface area contributed by atoms with Crippen LogP contribution in [-0.4, -0.2) is 11.2 Å². The number of fused-ring (bicyclic) bond motifs is 1. The van der Waals surface area contributed by atoms with E-state index in [1.165, 1.54) is 0 Å². The summed E-state index contributed by atoms with van der Waals surface area (Å²) in [6.07, 6.45) is -1.58. The van der Waals surface area contributed by atoms with Crippen molar-refractivity contribution in [1.82, 2.24) is 5.32 Å². The van der Waals surface area contributed by atoms with Gasteiger partial charge in [-0.2, -0.15) is 0 Å². The molecule has 62 valence electrons. The maximum Gasteiger partial charge on any atom is 0.414 e. The number of rotatable bonds is 0. The molecular weight excluding hydrogens is 158 g/mol. The van der Waals surface area contributed by atoms with Gasteiger partial charge in [-0.05, 0) is 6.07 Å². The van der Waals surface area contributed by atoms with Crippen LogP contribution >= 0.6 is 0 Å². The Hall–Kier alpha value is -1.55. The van der Waals surface area contributed by atoms with Crippen molar-refractivity contribution in [1.29, 1.82) is 0 Å². The molecule has 0 saturated heterocycles. The van der Waals surface area contributed by atoms with Gasteiger partial charge in [0.05, 0.1) is 0 Å². The van der Waals surface area contributed by atoms with E-state index in [4.69, 9.17) is 4.74 Å². The van der Waals surface area contributed by atoms with Crippen molar-refractivity contribution in [3.8, 4) is 5.75 Å². The lowest BCUT2D eigenvalue weighted by atomic mass is 10.1. The van der Waals surface area contributed by atoms with Crippen molar-refractivity contribution < 1.29 is 14.6 Å². The predicted molar refractivity (Wildman–Crippen MR) is 40.6 cm³/mol. The first kappa shape index (κ1) is 7.12. The number of aliphatic hydroxyl groups is 1. The number of aliphatic hydroxyl groups excluding tert-OH is 1. The first-order chi connectivity index (χ1) is 5.77. The van der Waals surface area contributed by atoms with Gasteiger partial charge in [0.1, 0.15) is 5.75 Å². The number of para-hydroxylation sites is 1. The molecule has 1 aliphatic heterocycles. The van der Waals surface area contributed by atoms with Crippen LogP contribution in [0.25, 0.3) is 0 Å². The van der Waals surface area contributed by atoms with E-state index in [2.05, 4.69) is 5.32 Å². The van der Waals surface area contributed by atoms with Crippen LogP contribution in [0.4, 0.5) is 4.79 Å². The molecule has 0 bridgehead atoms. The monoisotopic (exact) mass is 165 g/mol. The molecule has 1 aliphatic rings. The zero-order valence-corrected chi connectivity index (χ0v) is 6.15. The molecule has 1 aromatic carbocycles. The predicted octanol–water partition coefficient (Wildman–Crippen LogP) is 0.780. The molecule has 0 saturated carbocycles. The summed E-state index contributed by atoms with van der Waals surface area (Å²) in [7, 11) is 0. The van der Waals surface area contributed by atoms with E-state index >= 15 is 0 Å². The van der Waals surface area contributed by atoms with E-state index in [1.54, 1.807) is 24.3 Å². The van der Waals surface area contributed by atoms with Gasteiger partial charge in [0, 0.05) is 5.56 Å². The number of ether oxygens (including phenoxy) is 1. The second-order valence-corrected chi connectivity index (χ2v) is 2.47. The molecule has 0 spiro atoms. The van der Waals surface area contributed by atoms with E-state index in [0.29, 0.717) is 11.3 Å². The summed E-state index contributed by atoms with van der Waals surface area (Å²) in [5, 5.41) is 11.5. The Labute approximate surface area is 68.8 Å². The number of carbonyl (C=O) groups excluding carboxylic acids is 1. The Morgan fingerprint density at radius 3 is 3.00 bits per heavy atom. The Kier molecular flexibility index (Phi) is 1.48. The van der Waals surface area contributed by atoms with Crippen LogP contribution in [0.3, 0.4) is 0 Å². The molecule has 0 unspecified atom stereocenters. The smallest absolute Gasteiger partial charge is 0.410 e. The first-order valence-corrected chi connectivity index (χ1v) is 3.53. The molecule has 0 aliphatic carbocycles. The first-order valence-electron chi connectivity index (χ1n) is 3.53. The molecule has 1 heterocycles. The standard InChI is InChI=1S/C8H7NO3/c10-7-5-3-1-2-4-6(5)12-8(11)9-7/h1-4,7,10H,(H,9,11)/t7-/m1/s1. The quantitative estimate of drug-likeness (QED) is 0.597. The maximum absolute atomic E-state index is 10.7. The number of carbonyl (C=O) groups is 1. The zero-order valence-electron chi connectivity index (χ0n) is 6.15. The lowest BCUT2D eigenvalue weighted by Crippen LogP contribution is -2.35. The third-order valence-electron chi connectivity index (χ3n) is 1.67. The van der Waals surface area contributed by atoms with Crippen molar-refractivity contribution in [2.45, 2.75) is 6.23 Å². The maximum atomic E-state index is 10.7. The Morgan fingerprint density at radius 1 is 1.42 bits per heavy atom. The molecule has 12 heavy (non-hydrogen) atoms. The van der Waals surface area contributed by atoms with Crippen LogP contribution in [0.15, 0.2) is 24.3 Å². The summed E-state index contributed by atoms with van der Waals surface area (Å²) >= 11 is 0. The van der Waals surface area contributed by atoms with Crippen LogP contribution in [0, 0.1) is 0 Å². The fourth-order valence-electron chi connectivity index (χ4n) is 1.12. The van der Waals surface area contributed by atoms with E-state index < -0.39 is 12.3 Å². The number of hydrogen-bond acceptors (Lipinski definition) is 3. The van der Waals surface area contributed by atoms with Crippen molar-refractivity contribution in [2.75, 3.05) is 0 Å². The third-order valence-corrected chi connectivity index (χ3v) is 1.67. The van der Waals surface area contributed by atoms with Gasteiger partial charge in [-0.3, -0.25) is 5.32 Å². The molecule has 4 heteroatoms. The second kappa shape index (κ2) is 2.49. The molecule has 1 atom stereocenters. The molecular formula is C8H7NO3. The Bertz CT molecular complexity index is 324. The van der Waals surface area contributed by atoms with Gasteiger partial charge in [0.2, 0.25) is 0 Å². The summed E-state index contributed by atoms with van der Waals surface area (Å²) in [5.74, 6) is 0.411. The highest BCUT2D eigenvalue weighted by Crippen LogP contribution is 2.26. The molecule has 2 rings (SSSR count). The Balaban J connectivity index is 2.47. The SMILES string of the molecule is O=C1N[C@H](O)c2ccccc2O1. The summed E-state index contributed by atoms with van der Waals surface area (Å²) in [4.78, 5) is 10.7. The van der Waals surface area contributed by atoms with Crippen molar-refractivity contribution in [3.63, 3.8) is 0 Å². The summed E-state index contributed by atoms with van der Waals surface area (Å²) in [6, 6.07) is 6.84. The molecule has 4 nitrogen and oxygen atoms in total. The van der Waals surface area contributed by atoms with Gasteiger partial charge in [-0.15, -0.1) is 0 Å². The van der Waals surface area contributed by atoms with Gasteiger partial charge in [0.15, 0.2) is 6.23 Å². The number of hydrogen-bond donors (Lipinski definition) is 2. The minimum atomic E-state index is -0.956. The van der Waals surface area contributed by atoms with Crippen molar-refractivity contribution in [2.24, 2.45) is 0 Å². The highest BCUT2D eigenvalue weighted by Gasteiger charge is 2.22.